The van der Waals surface area contributed by atoms with Crippen molar-refractivity contribution >= 4 is 23.3 Å². The molecule has 104 valence electrons. The van der Waals surface area contributed by atoms with Crippen LogP contribution in [0.25, 0.3) is 0 Å². The van der Waals surface area contributed by atoms with Gasteiger partial charge in [0.2, 0.25) is 0 Å². The van der Waals surface area contributed by atoms with Crippen LogP contribution in [0.1, 0.15) is 26.3 Å². The van der Waals surface area contributed by atoms with Crippen molar-refractivity contribution in [3.63, 3.8) is 0 Å². The number of carbonyl (C=O) groups excluding carboxylic acids is 2. The van der Waals surface area contributed by atoms with Crippen molar-refractivity contribution in [3.8, 4) is 0 Å². The van der Waals surface area contributed by atoms with Crippen LogP contribution in [0.3, 0.4) is 0 Å². The standard InChI is InChI=1S/C13H15N5O2/c1-7-5-8(3-4-10(7)14)13(20)17-12-9(11(15)19)6-16-18(12)2/h3-6H,14H2,1-2H3,(H2,15,19)(H,17,20). The second-order valence-electron chi connectivity index (χ2n) is 4.42. The van der Waals surface area contributed by atoms with Crippen molar-refractivity contribution in [2.75, 3.05) is 11.1 Å². The fourth-order valence-corrected chi connectivity index (χ4v) is 1.76. The molecule has 0 saturated carbocycles. The molecule has 2 rings (SSSR count). The predicted octanol–water partition coefficient (Wildman–Crippen LogP) is 0.662. The Labute approximate surface area is 115 Å². The molecule has 0 aliphatic heterocycles. The largest absolute Gasteiger partial charge is 0.399 e. The van der Waals surface area contributed by atoms with Gasteiger partial charge in [-0.05, 0) is 30.7 Å². The highest BCUT2D eigenvalue weighted by atomic mass is 16.2. The number of hydrogen-bond acceptors (Lipinski definition) is 4. The molecule has 2 aromatic rings. The number of rotatable bonds is 3. The lowest BCUT2D eigenvalue weighted by atomic mass is 10.1. The first-order valence-corrected chi connectivity index (χ1v) is 5.89. The van der Waals surface area contributed by atoms with Gasteiger partial charge in [-0.1, -0.05) is 0 Å². The Hall–Kier alpha value is -2.83. The third kappa shape index (κ3) is 2.46. The van der Waals surface area contributed by atoms with Gasteiger partial charge in [-0.15, -0.1) is 0 Å². The van der Waals surface area contributed by atoms with Crippen LogP contribution < -0.4 is 16.8 Å². The van der Waals surface area contributed by atoms with Gasteiger partial charge < -0.3 is 16.8 Å². The summed E-state index contributed by atoms with van der Waals surface area (Å²) < 4.78 is 1.38. The number of primary amides is 1. The number of nitrogen functional groups attached to an aromatic ring is 1. The Morgan fingerprint density at radius 3 is 2.65 bits per heavy atom. The van der Waals surface area contributed by atoms with E-state index in [2.05, 4.69) is 10.4 Å². The zero-order valence-corrected chi connectivity index (χ0v) is 11.2. The molecular weight excluding hydrogens is 258 g/mol. The minimum Gasteiger partial charge on any atom is -0.399 e. The van der Waals surface area contributed by atoms with Crippen LogP contribution in [0, 0.1) is 6.92 Å². The number of nitrogens with two attached hydrogens (primary N) is 2. The van der Waals surface area contributed by atoms with Gasteiger partial charge in [0.25, 0.3) is 11.8 Å². The first-order valence-electron chi connectivity index (χ1n) is 5.89. The zero-order chi connectivity index (χ0) is 14.9. The Balaban J connectivity index is 2.30. The zero-order valence-electron chi connectivity index (χ0n) is 11.2. The van der Waals surface area contributed by atoms with Crippen LogP contribution in [0.15, 0.2) is 24.4 Å². The summed E-state index contributed by atoms with van der Waals surface area (Å²) in [6.45, 7) is 1.81. The van der Waals surface area contributed by atoms with Crippen LogP contribution in [0.4, 0.5) is 11.5 Å². The van der Waals surface area contributed by atoms with Crippen LogP contribution in [-0.2, 0) is 7.05 Å². The second-order valence-corrected chi connectivity index (χ2v) is 4.42. The molecule has 0 aliphatic rings. The van der Waals surface area contributed by atoms with Gasteiger partial charge >= 0.3 is 0 Å². The van der Waals surface area contributed by atoms with Crippen molar-refractivity contribution in [2.45, 2.75) is 6.92 Å². The summed E-state index contributed by atoms with van der Waals surface area (Å²) in [6.07, 6.45) is 1.31. The Morgan fingerprint density at radius 1 is 1.35 bits per heavy atom. The first kappa shape index (κ1) is 13.6. The summed E-state index contributed by atoms with van der Waals surface area (Å²) in [4.78, 5) is 23.4. The monoisotopic (exact) mass is 273 g/mol. The topological polar surface area (TPSA) is 116 Å². The number of hydrogen-bond donors (Lipinski definition) is 3. The number of aryl methyl sites for hydroxylation is 2. The van der Waals surface area contributed by atoms with Crippen LogP contribution >= 0.6 is 0 Å². The normalized spacial score (nSPS) is 10.3. The molecule has 1 heterocycles. The lowest BCUT2D eigenvalue weighted by molar-refractivity contribution is 0.100. The summed E-state index contributed by atoms with van der Waals surface area (Å²) in [5.74, 6) is -0.752. The maximum atomic E-state index is 12.2. The summed E-state index contributed by atoms with van der Waals surface area (Å²) in [5, 5.41) is 6.52. The third-order valence-electron chi connectivity index (χ3n) is 2.97. The summed E-state index contributed by atoms with van der Waals surface area (Å²) in [7, 11) is 1.61. The number of benzene rings is 1. The average molecular weight is 273 g/mol. The van der Waals surface area contributed by atoms with Crippen molar-refractivity contribution in [2.24, 2.45) is 12.8 Å². The molecule has 2 amide bonds. The van der Waals surface area contributed by atoms with E-state index < -0.39 is 5.91 Å². The molecule has 0 fully saturated rings. The van der Waals surface area contributed by atoms with E-state index in [4.69, 9.17) is 11.5 Å². The van der Waals surface area contributed by atoms with E-state index >= 15 is 0 Å². The van der Waals surface area contributed by atoms with Crippen LogP contribution in [-0.4, -0.2) is 21.6 Å². The number of amides is 2. The highest BCUT2D eigenvalue weighted by Gasteiger charge is 2.16. The Morgan fingerprint density at radius 2 is 2.05 bits per heavy atom. The molecule has 0 bridgehead atoms. The molecular formula is C13H15N5O2. The van der Waals surface area contributed by atoms with E-state index in [0.717, 1.165) is 5.56 Å². The molecule has 0 aliphatic carbocycles. The van der Waals surface area contributed by atoms with Gasteiger partial charge in [0, 0.05) is 18.3 Å². The van der Waals surface area contributed by atoms with E-state index in [9.17, 15) is 9.59 Å². The summed E-state index contributed by atoms with van der Waals surface area (Å²) in [6, 6.07) is 4.94. The molecule has 0 unspecified atom stereocenters. The number of nitrogens with one attached hydrogen (secondary N) is 1. The van der Waals surface area contributed by atoms with E-state index in [1.807, 2.05) is 6.92 Å². The SMILES string of the molecule is Cc1cc(C(=O)Nc2c(C(N)=O)cnn2C)ccc1N. The number of anilines is 2. The molecule has 1 aromatic carbocycles. The van der Waals surface area contributed by atoms with Crippen molar-refractivity contribution in [1.82, 2.24) is 9.78 Å². The smallest absolute Gasteiger partial charge is 0.256 e. The van der Waals surface area contributed by atoms with Crippen molar-refractivity contribution in [3.05, 3.63) is 41.1 Å². The van der Waals surface area contributed by atoms with Crippen molar-refractivity contribution in [1.29, 1.82) is 0 Å². The molecule has 20 heavy (non-hydrogen) atoms. The van der Waals surface area contributed by atoms with E-state index in [1.54, 1.807) is 25.2 Å². The molecule has 0 spiro atoms. The average Bonchev–Trinajstić information content (AvgIpc) is 2.74. The summed E-state index contributed by atoms with van der Waals surface area (Å²) in [5.41, 5.74) is 12.9. The molecule has 0 radical (unpaired) electrons. The summed E-state index contributed by atoms with van der Waals surface area (Å²) >= 11 is 0. The van der Waals surface area contributed by atoms with Gasteiger partial charge in [-0.2, -0.15) is 5.10 Å². The molecule has 7 heteroatoms. The number of carbonyl (C=O) groups is 2. The van der Waals surface area contributed by atoms with Crippen molar-refractivity contribution < 1.29 is 9.59 Å². The minimum absolute atomic E-state index is 0.160. The Bertz CT molecular complexity index is 690. The fourth-order valence-electron chi connectivity index (χ4n) is 1.76. The lowest BCUT2D eigenvalue weighted by Crippen LogP contribution is -2.19. The van der Waals surface area contributed by atoms with Crippen LogP contribution in [0.2, 0.25) is 0 Å². The second kappa shape index (κ2) is 5.04. The molecule has 0 atom stereocenters. The van der Waals surface area contributed by atoms with E-state index in [-0.39, 0.29) is 17.3 Å². The van der Waals surface area contributed by atoms with Gasteiger partial charge in [0.1, 0.15) is 11.4 Å². The van der Waals surface area contributed by atoms with Gasteiger partial charge in [-0.3, -0.25) is 14.3 Å². The van der Waals surface area contributed by atoms with Gasteiger partial charge in [-0.25, -0.2) is 0 Å². The minimum atomic E-state index is -0.651. The number of nitrogens with zero attached hydrogens (tertiary/aromatic N) is 2. The molecule has 1 aromatic heterocycles. The molecule has 7 nitrogen and oxygen atoms in total. The number of aromatic nitrogens is 2. The van der Waals surface area contributed by atoms with Gasteiger partial charge in [0.05, 0.1) is 6.20 Å². The third-order valence-corrected chi connectivity index (χ3v) is 2.97. The van der Waals surface area contributed by atoms with E-state index in [0.29, 0.717) is 11.3 Å². The highest BCUT2D eigenvalue weighted by molar-refractivity contribution is 6.08. The highest BCUT2D eigenvalue weighted by Crippen LogP contribution is 2.17. The first-order chi connectivity index (χ1) is 9.40. The van der Waals surface area contributed by atoms with E-state index in [1.165, 1.54) is 10.9 Å². The maximum Gasteiger partial charge on any atom is 0.256 e. The van der Waals surface area contributed by atoms with Crippen LogP contribution in [0.5, 0.6) is 0 Å². The lowest BCUT2D eigenvalue weighted by Gasteiger charge is -2.08. The maximum absolute atomic E-state index is 12.2. The molecule has 0 saturated heterocycles. The van der Waals surface area contributed by atoms with Gasteiger partial charge in [0.15, 0.2) is 0 Å². The molecule has 5 N–H and O–H groups in total. The Kier molecular flexibility index (Phi) is 3.43. The predicted molar refractivity (Wildman–Crippen MR) is 75.3 cm³/mol. The fraction of sp³-hybridized carbons (Fsp3) is 0.154. The quantitative estimate of drug-likeness (QED) is 0.712.